The fourth-order valence-electron chi connectivity index (χ4n) is 3.72. The Morgan fingerprint density at radius 3 is 2.89 bits per heavy atom. The number of thioether (sulfide) groups is 1. The molecule has 2 aromatic rings. The maximum absolute atomic E-state index is 13.5. The van der Waals surface area contributed by atoms with Gasteiger partial charge in [-0.05, 0) is 36.3 Å². The third kappa shape index (κ3) is 3.74. The number of nitrogens with zero attached hydrogens (tertiary/aromatic N) is 3. The summed E-state index contributed by atoms with van der Waals surface area (Å²) in [5.41, 5.74) is 1.95. The highest BCUT2D eigenvalue weighted by Gasteiger charge is 2.38. The average molecular weight is 387 g/mol. The van der Waals surface area contributed by atoms with Crippen LogP contribution in [0.5, 0.6) is 11.6 Å². The fourth-order valence-corrected chi connectivity index (χ4v) is 4.32. The third-order valence-electron chi connectivity index (χ3n) is 5.15. The van der Waals surface area contributed by atoms with E-state index in [1.165, 1.54) is 12.1 Å². The first kappa shape index (κ1) is 18.1. The molecule has 1 atom stereocenters. The van der Waals surface area contributed by atoms with Crippen LogP contribution in [0.1, 0.15) is 17.9 Å². The van der Waals surface area contributed by atoms with E-state index in [4.69, 9.17) is 14.5 Å². The topological polar surface area (TPSA) is 47.0 Å². The molecule has 142 valence electrons. The second kappa shape index (κ2) is 7.76. The van der Waals surface area contributed by atoms with Gasteiger partial charge in [0, 0.05) is 31.1 Å². The van der Waals surface area contributed by atoms with Crippen molar-refractivity contribution in [1.82, 2.24) is 9.88 Å². The second-order valence-corrected chi connectivity index (χ2v) is 7.52. The van der Waals surface area contributed by atoms with Crippen molar-refractivity contribution < 1.29 is 13.9 Å². The van der Waals surface area contributed by atoms with Gasteiger partial charge in [0.25, 0.3) is 0 Å². The van der Waals surface area contributed by atoms with E-state index >= 15 is 0 Å². The molecule has 0 saturated carbocycles. The Kier molecular flexibility index (Phi) is 5.20. The zero-order chi connectivity index (χ0) is 18.8. The van der Waals surface area contributed by atoms with Crippen LogP contribution in [0.3, 0.4) is 0 Å². The number of amidine groups is 1. The molecule has 0 amide bonds. The number of likely N-dealkylation sites (tertiary alicyclic amines) is 1. The summed E-state index contributed by atoms with van der Waals surface area (Å²) in [6.45, 7) is 2.55. The lowest BCUT2D eigenvalue weighted by atomic mass is 9.78. The molecule has 1 fully saturated rings. The van der Waals surface area contributed by atoms with Gasteiger partial charge in [-0.3, -0.25) is 0 Å². The number of methoxy groups -OCH3 is 1. The number of fused-ring (bicyclic) bond motifs is 1. The van der Waals surface area contributed by atoms with Crippen LogP contribution in [0.15, 0.2) is 41.5 Å². The highest BCUT2D eigenvalue weighted by atomic mass is 32.2. The average Bonchev–Trinajstić information content (AvgIpc) is 2.66. The number of hydrogen-bond donors (Lipinski definition) is 0. The van der Waals surface area contributed by atoms with E-state index in [1.807, 2.05) is 24.5 Å². The fraction of sp³-hybridized carbons (Fsp3) is 0.400. The Hall–Kier alpha value is -2.28. The summed E-state index contributed by atoms with van der Waals surface area (Å²) >= 11 is 1.64. The van der Waals surface area contributed by atoms with Gasteiger partial charge in [0.1, 0.15) is 11.6 Å². The Balaban J connectivity index is 1.44. The van der Waals surface area contributed by atoms with Crippen molar-refractivity contribution in [2.45, 2.75) is 12.3 Å². The van der Waals surface area contributed by atoms with Gasteiger partial charge in [-0.25, -0.2) is 14.4 Å². The molecule has 3 heterocycles. The van der Waals surface area contributed by atoms with Gasteiger partial charge >= 0.3 is 0 Å². The summed E-state index contributed by atoms with van der Waals surface area (Å²) in [6, 6.07) is 8.63. The van der Waals surface area contributed by atoms with Crippen molar-refractivity contribution in [1.29, 1.82) is 0 Å². The van der Waals surface area contributed by atoms with Crippen LogP contribution in [-0.2, 0) is 0 Å². The van der Waals surface area contributed by atoms with E-state index in [9.17, 15) is 4.39 Å². The Morgan fingerprint density at radius 2 is 2.19 bits per heavy atom. The summed E-state index contributed by atoms with van der Waals surface area (Å²) in [6.07, 6.45) is 4.73. The lowest BCUT2D eigenvalue weighted by Gasteiger charge is -2.46. The zero-order valence-corrected chi connectivity index (χ0v) is 16.2. The summed E-state index contributed by atoms with van der Waals surface area (Å²) in [5.74, 6) is 1.99. The monoisotopic (exact) mass is 387 g/mol. The minimum Gasteiger partial charge on any atom is -0.493 e. The van der Waals surface area contributed by atoms with Crippen molar-refractivity contribution in [2.24, 2.45) is 10.9 Å². The molecule has 0 aliphatic carbocycles. The summed E-state index contributed by atoms with van der Waals surface area (Å²) < 4.78 is 24.2. The number of aliphatic imine (C=N–C) groups is 1. The van der Waals surface area contributed by atoms with E-state index in [1.54, 1.807) is 25.1 Å². The quantitative estimate of drug-likeness (QED) is 0.587. The number of pyridine rings is 1. The molecule has 1 aromatic carbocycles. The third-order valence-corrected chi connectivity index (χ3v) is 5.86. The van der Waals surface area contributed by atoms with Gasteiger partial charge in [-0.2, -0.15) is 0 Å². The molecule has 1 aromatic heterocycles. The predicted octanol–water partition coefficient (Wildman–Crippen LogP) is 4.08. The zero-order valence-electron chi connectivity index (χ0n) is 15.4. The molecule has 0 spiro atoms. The van der Waals surface area contributed by atoms with Crippen molar-refractivity contribution in [3.8, 4) is 11.6 Å². The molecular formula is C20H22FN3O2S. The second-order valence-electron chi connectivity index (χ2n) is 6.75. The smallest absolute Gasteiger partial charge is 0.213 e. The molecule has 2 aliphatic heterocycles. The highest BCUT2D eigenvalue weighted by molar-refractivity contribution is 8.13. The van der Waals surface area contributed by atoms with E-state index in [2.05, 4.69) is 9.88 Å². The molecule has 4 rings (SSSR count). The maximum atomic E-state index is 13.5. The predicted molar refractivity (Wildman–Crippen MR) is 106 cm³/mol. The van der Waals surface area contributed by atoms with Crippen LogP contribution in [0, 0.1) is 11.7 Å². The van der Waals surface area contributed by atoms with Crippen LogP contribution in [0.25, 0.3) is 0 Å². The summed E-state index contributed by atoms with van der Waals surface area (Å²) in [7, 11) is 1.60. The first-order chi connectivity index (χ1) is 13.2. The first-order valence-corrected chi connectivity index (χ1v) is 10.2. The molecule has 2 aliphatic rings. The number of halogens is 1. The van der Waals surface area contributed by atoms with Crippen molar-refractivity contribution in [3.05, 3.63) is 47.9 Å². The number of rotatable bonds is 3. The van der Waals surface area contributed by atoms with E-state index in [-0.39, 0.29) is 5.82 Å². The largest absolute Gasteiger partial charge is 0.493 e. The molecule has 0 radical (unpaired) electrons. The molecule has 1 saturated heterocycles. The Labute approximate surface area is 162 Å². The van der Waals surface area contributed by atoms with Crippen molar-refractivity contribution in [3.63, 3.8) is 0 Å². The SMILES string of the molecule is COc1ccc(/N=C(/SC)N2CC(C3CCOc4cc(F)ccc43)C2)cn1. The minimum absolute atomic E-state index is 0.241. The normalized spacial score (nSPS) is 19.9. The minimum atomic E-state index is -0.241. The van der Waals surface area contributed by atoms with E-state index < -0.39 is 0 Å². The molecular weight excluding hydrogens is 365 g/mol. The summed E-state index contributed by atoms with van der Waals surface area (Å²) in [4.78, 5) is 11.2. The van der Waals surface area contributed by atoms with Crippen LogP contribution in [0.4, 0.5) is 10.1 Å². The van der Waals surface area contributed by atoms with Gasteiger partial charge in [-0.1, -0.05) is 17.8 Å². The molecule has 0 N–H and O–H groups in total. The highest BCUT2D eigenvalue weighted by Crippen LogP contribution is 2.42. The van der Waals surface area contributed by atoms with E-state index in [0.717, 1.165) is 35.9 Å². The van der Waals surface area contributed by atoms with Crippen molar-refractivity contribution in [2.75, 3.05) is 33.1 Å². The lowest BCUT2D eigenvalue weighted by Crippen LogP contribution is -2.51. The Morgan fingerprint density at radius 1 is 1.33 bits per heavy atom. The molecule has 5 nitrogen and oxygen atoms in total. The molecule has 0 bridgehead atoms. The van der Waals surface area contributed by atoms with Gasteiger partial charge in [0.05, 0.1) is 25.6 Å². The number of benzene rings is 1. The molecule has 1 unspecified atom stereocenters. The maximum Gasteiger partial charge on any atom is 0.213 e. The van der Waals surface area contributed by atoms with E-state index in [0.29, 0.717) is 30.1 Å². The van der Waals surface area contributed by atoms with Crippen LogP contribution in [0.2, 0.25) is 0 Å². The standard InChI is InChI=1S/C20H22FN3O2S/c1-25-19-6-4-15(10-22-19)23-20(27-2)24-11-13(12-24)16-7-8-26-18-9-14(21)3-5-17(16)18/h3-6,9-10,13,16H,7-8,11-12H2,1-2H3/b23-20+. The van der Waals surface area contributed by atoms with Gasteiger partial charge in [0.15, 0.2) is 5.17 Å². The van der Waals surface area contributed by atoms with Crippen LogP contribution >= 0.6 is 11.8 Å². The van der Waals surface area contributed by atoms with Gasteiger partial charge < -0.3 is 14.4 Å². The number of ether oxygens (including phenoxy) is 2. The first-order valence-electron chi connectivity index (χ1n) is 8.98. The van der Waals surface area contributed by atoms with Crippen LogP contribution < -0.4 is 9.47 Å². The lowest BCUT2D eigenvalue weighted by molar-refractivity contribution is 0.132. The number of hydrogen-bond acceptors (Lipinski definition) is 5. The van der Waals surface area contributed by atoms with Gasteiger partial charge in [0.2, 0.25) is 5.88 Å². The van der Waals surface area contributed by atoms with Crippen LogP contribution in [-0.4, -0.2) is 48.1 Å². The summed E-state index contributed by atoms with van der Waals surface area (Å²) in [5, 5.41) is 0.990. The molecule has 27 heavy (non-hydrogen) atoms. The van der Waals surface area contributed by atoms with Gasteiger partial charge in [-0.15, -0.1) is 0 Å². The number of aromatic nitrogens is 1. The van der Waals surface area contributed by atoms with Crippen molar-refractivity contribution >= 4 is 22.6 Å². The Bertz CT molecular complexity index is 838. The molecule has 7 heteroatoms.